The van der Waals surface area contributed by atoms with Crippen LogP contribution in [0.1, 0.15) is 6.92 Å². The summed E-state index contributed by atoms with van der Waals surface area (Å²) in [6, 6.07) is 0. The molecule has 1 aliphatic rings. The van der Waals surface area contributed by atoms with Crippen molar-refractivity contribution in [2.45, 2.75) is 12.1 Å². The monoisotopic (exact) mass is 365 g/mol. The summed E-state index contributed by atoms with van der Waals surface area (Å²) in [6.07, 6.45) is 1.50. The Kier molecular flexibility index (Phi) is 5.60. The Labute approximate surface area is 148 Å². The zero-order valence-corrected chi connectivity index (χ0v) is 14.6. The quantitative estimate of drug-likeness (QED) is 0.606. The molecule has 11 nitrogen and oxygen atoms in total. The van der Waals surface area contributed by atoms with Gasteiger partial charge in [-0.05, 0) is 6.92 Å². The van der Waals surface area contributed by atoms with Crippen LogP contribution >= 0.6 is 11.8 Å². The minimum Gasteiger partial charge on any atom is -0.378 e. The van der Waals surface area contributed by atoms with E-state index in [0.717, 1.165) is 11.8 Å². The van der Waals surface area contributed by atoms with Gasteiger partial charge in [-0.1, -0.05) is 11.8 Å². The summed E-state index contributed by atoms with van der Waals surface area (Å²) >= 11 is 1.16. The number of hydrogen-bond donors (Lipinski definition) is 2. The van der Waals surface area contributed by atoms with Gasteiger partial charge in [0.15, 0.2) is 0 Å². The number of ether oxygens (including phenoxy) is 1. The molecule has 0 aromatic carbocycles. The number of primary amides is 1. The smallest absolute Gasteiger partial charge is 0.258 e. The van der Waals surface area contributed by atoms with Crippen LogP contribution in [0.3, 0.4) is 0 Å². The van der Waals surface area contributed by atoms with Gasteiger partial charge >= 0.3 is 0 Å². The second-order valence-corrected chi connectivity index (χ2v) is 6.06. The number of nitrogens with two attached hydrogens (primary N) is 1. The molecule has 1 amide bonds. The zero-order chi connectivity index (χ0) is 17.6. The van der Waals surface area contributed by atoms with E-state index < -0.39 is 5.91 Å². The summed E-state index contributed by atoms with van der Waals surface area (Å²) < 4.78 is 6.82. The third kappa shape index (κ3) is 4.54. The molecule has 0 radical (unpaired) electrons. The van der Waals surface area contributed by atoms with Gasteiger partial charge in [-0.2, -0.15) is 19.6 Å². The molecule has 3 rings (SSSR count). The van der Waals surface area contributed by atoms with Crippen molar-refractivity contribution in [1.29, 1.82) is 0 Å². The average molecular weight is 365 g/mol. The van der Waals surface area contributed by atoms with Crippen LogP contribution in [0.25, 0.3) is 5.95 Å². The minimum absolute atomic E-state index is 0.114. The Morgan fingerprint density at radius 2 is 2.08 bits per heavy atom. The highest BCUT2D eigenvalue weighted by molar-refractivity contribution is 7.99. The largest absolute Gasteiger partial charge is 0.378 e. The summed E-state index contributed by atoms with van der Waals surface area (Å²) in [5.74, 6) is 1.07. The Hall–Kier alpha value is -2.47. The number of carbonyl (C=O) groups excluding carboxylic acids is 1. The number of nitrogens with zero attached hydrogens (tertiary/aromatic N) is 7. The number of anilines is 2. The van der Waals surface area contributed by atoms with Gasteiger partial charge in [0.1, 0.15) is 6.33 Å². The predicted octanol–water partition coefficient (Wildman–Crippen LogP) is -0.702. The van der Waals surface area contributed by atoms with E-state index in [1.165, 1.54) is 11.0 Å². The molecule has 2 aromatic rings. The Balaban J connectivity index is 1.86. The van der Waals surface area contributed by atoms with Crippen molar-refractivity contribution in [1.82, 2.24) is 29.7 Å². The molecule has 0 atom stereocenters. The molecule has 25 heavy (non-hydrogen) atoms. The minimum atomic E-state index is -0.425. The molecule has 1 aliphatic heterocycles. The second-order valence-electron chi connectivity index (χ2n) is 5.12. The maximum atomic E-state index is 10.9. The molecule has 2 aromatic heterocycles. The van der Waals surface area contributed by atoms with Crippen LogP contribution in [0.2, 0.25) is 0 Å². The van der Waals surface area contributed by atoms with Crippen LogP contribution < -0.4 is 16.0 Å². The van der Waals surface area contributed by atoms with E-state index in [9.17, 15) is 4.79 Å². The molecular formula is C13H19N9O2S. The van der Waals surface area contributed by atoms with E-state index in [4.69, 9.17) is 10.5 Å². The molecule has 1 saturated heterocycles. The van der Waals surface area contributed by atoms with E-state index in [1.54, 1.807) is 0 Å². The number of thioether (sulfide) groups is 1. The highest BCUT2D eigenvalue weighted by atomic mass is 32.2. The summed E-state index contributed by atoms with van der Waals surface area (Å²) in [6.45, 7) is 5.34. The molecule has 3 heterocycles. The molecular weight excluding hydrogens is 346 g/mol. The SMILES string of the molecule is CCNc1nc(N2CCOCC2)nc(-n2cnc(SCC(N)=O)n2)n1. The van der Waals surface area contributed by atoms with Crippen molar-refractivity contribution in [3.63, 3.8) is 0 Å². The van der Waals surface area contributed by atoms with E-state index in [-0.39, 0.29) is 5.75 Å². The standard InChI is InChI=1S/C13H19N9O2S/c1-2-15-10-17-11(21-3-5-24-6-4-21)19-12(18-10)22-8-16-13(20-22)25-7-9(14)23/h8H,2-7H2,1H3,(H2,14,23)(H,15,17,18,19). The molecule has 0 bridgehead atoms. The van der Waals surface area contributed by atoms with Gasteiger partial charge in [0.25, 0.3) is 5.95 Å². The first-order chi connectivity index (χ1) is 12.2. The summed E-state index contributed by atoms with van der Waals surface area (Å²) in [5, 5.41) is 7.80. The molecule has 0 unspecified atom stereocenters. The molecule has 0 spiro atoms. The number of morpholine rings is 1. The Morgan fingerprint density at radius 1 is 1.32 bits per heavy atom. The van der Waals surface area contributed by atoms with Crippen molar-refractivity contribution >= 4 is 29.6 Å². The maximum Gasteiger partial charge on any atom is 0.258 e. The molecule has 0 aliphatic carbocycles. The number of carbonyl (C=O) groups is 1. The molecule has 1 fully saturated rings. The van der Waals surface area contributed by atoms with Gasteiger partial charge in [0.2, 0.25) is 23.0 Å². The number of amides is 1. The third-order valence-electron chi connectivity index (χ3n) is 3.26. The lowest BCUT2D eigenvalue weighted by Gasteiger charge is -2.27. The van der Waals surface area contributed by atoms with E-state index in [0.29, 0.717) is 55.8 Å². The summed E-state index contributed by atoms with van der Waals surface area (Å²) in [4.78, 5) is 30.3. The first kappa shape index (κ1) is 17.4. The van der Waals surface area contributed by atoms with Crippen molar-refractivity contribution in [3.05, 3.63) is 6.33 Å². The fraction of sp³-hybridized carbons (Fsp3) is 0.538. The van der Waals surface area contributed by atoms with Gasteiger partial charge < -0.3 is 20.7 Å². The molecule has 12 heteroatoms. The fourth-order valence-electron chi connectivity index (χ4n) is 2.14. The van der Waals surface area contributed by atoms with Gasteiger partial charge in [-0.15, -0.1) is 5.10 Å². The number of rotatable bonds is 7. The fourth-order valence-corrected chi connectivity index (χ4v) is 2.68. The Bertz CT molecular complexity index is 732. The van der Waals surface area contributed by atoms with Crippen LogP contribution in [-0.4, -0.2) is 74.2 Å². The summed E-state index contributed by atoms with van der Waals surface area (Å²) in [7, 11) is 0. The van der Waals surface area contributed by atoms with E-state index >= 15 is 0 Å². The highest BCUT2D eigenvalue weighted by Crippen LogP contribution is 2.16. The molecule has 3 N–H and O–H groups in total. The van der Waals surface area contributed by atoms with Crippen LogP contribution in [0, 0.1) is 0 Å². The summed E-state index contributed by atoms with van der Waals surface area (Å²) in [5.41, 5.74) is 5.13. The lowest BCUT2D eigenvalue weighted by molar-refractivity contribution is -0.115. The van der Waals surface area contributed by atoms with Crippen LogP contribution in [0.15, 0.2) is 11.5 Å². The first-order valence-corrected chi connectivity index (χ1v) is 8.80. The molecule has 134 valence electrons. The number of aromatic nitrogens is 6. The van der Waals surface area contributed by atoms with Crippen LogP contribution in [0.5, 0.6) is 0 Å². The van der Waals surface area contributed by atoms with Crippen LogP contribution in [0.4, 0.5) is 11.9 Å². The first-order valence-electron chi connectivity index (χ1n) is 7.81. The topological polar surface area (TPSA) is 137 Å². The zero-order valence-electron chi connectivity index (χ0n) is 13.8. The maximum absolute atomic E-state index is 10.9. The van der Waals surface area contributed by atoms with Crippen molar-refractivity contribution in [3.8, 4) is 5.95 Å². The van der Waals surface area contributed by atoms with Gasteiger partial charge in [0.05, 0.1) is 19.0 Å². The average Bonchev–Trinajstić information content (AvgIpc) is 3.10. The Morgan fingerprint density at radius 3 is 2.80 bits per heavy atom. The van der Waals surface area contributed by atoms with Crippen molar-refractivity contribution in [2.24, 2.45) is 5.73 Å². The van der Waals surface area contributed by atoms with Crippen molar-refractivity contribution in [2.75, 3.05) is 48.8 Å². The van der Waals surface area contributed by atoms with Crippen LogP contribution in [-0.2, 0) is 9.53 Å². The number of nitrogens with one attached hydrogen (secondary N) is 1. The van der Waals surface area contributed by atoms with Gasteiger partial charge in [-0.3, -0.25) is 4.79 Å². The van der Waals surface area contributed by atoms with Gasteiger partial charge in [0, 0.05) is 19.6 Å². The molecule has 0 saturated carbocycles. The van der Waals surface area contributed by atoms with E-state index in [1.807, 2.05) is 11.8 Å². The lowest BCUT2D eigenvalue weighted by atomic mass is 10.4. The van der Waals surface area contributed by atoms with E-state index in [2.05, 4.69) is 30.4 Å². The van der Waals surface area contributed by atoms with Crippen molar-refractivity contribution < 1.29 is 9.53 Å². The second kappa shape index (κ2) is 8.07. The normalized spacial score (nSPS) is 14.5. The third-order valence-corrected chi connectivity index (χ3v) is 4.13. The van der Waals surface area contributed by atoms with Gasteiger partial charge in [-0.25, -0.2) is 4.98 Å². The number of hydrogen-bond acceptors (Lipinski definition) is 10. The lowest BCUT2D eigenvalue weighted by Crippen LogP contribution is -2.37. The predicted molar refractivity (Wildman–Crippen MR) is 91.9 cm³/mol. The highest BCUT2D eigenvalue weighted by Gasteiger charge is 2.18.